The van der Waals surface area contributed by atoms with Crippen LogP contribution in [0.5, 0.6) is 0 Å². The molecule has 3 nitrogen and oxygen atoms in total. The van der Waals surface area contributed by atoms with Gasteiger partial charge in [0.25, 0.3) is 5.91 Å². The van der Waals surface area contributed by atoms with Gasteiger partial charge in [0, 0.05) is 33.6 Å². The van der Waals surface area contributed by atoms with Crippen LogP contribution in [0.1, 0.15) is 45.4 Å². The first-order valence-electron chi connectivity index (χ1n) is 8.08. The van der Waals surface area contributed by atoms with E-state index in [1.54, 1.807) is 11.3 Å². The van der Waals surface area contributed by atoms with Crippen molar-refractivity contribution in [3.8, 4) is 0 Å². The lowest BCUT2D eigenvalue weighted by atomic mass is 10.1. The topological polar surface area (TPSA) is 36.1 Å². The van der Waals surface area contributed by atoms with Crippen LogP contribution in [0, 0.1) is 13.8 Å². The van der Waals surface area contributed by atoms with Crippen molar-refractivity contribution in [1.29, 1.82) is 0 Å². The second-order valence-electron chi connectivity index (χ2n) is 6.31. The molecule has 3 heterocycles. The Morgan fingerprint density at radius 2 is 2.17 bits per heavy atom. The summed E-state index contributed by atoms with van der Waals surface area (Å²) in [6, 6.07) is 10.5. The van der Waals surface area contributed by atoms with Crippen molar-refractivity contribution in [2.45, 2.75) is 32.7 Å². The fourth-order valence-corrected chi connectivity index (χ4v) is 4.42. The van der Waals surface area contributed by atoms with Crippen LogP contribution in [0.15, 0.2) is 35.7 Å². The van der Waals surface area contributed by atoms with Crippen molar-refractivity contribution in [1.82, 2.24) is 9.88 Å². The molecule has 3 aromatic rings. The Hall–Kier alpha value is -2.07. The lowest BCUT2D eigenvalue weighted by molar-refractivity contribution is 0.0738. The number of aromatic amines is 1. The van der Waals surface area contributed by atoms with Crippen molar-refractivity contribution in [3.05, 3.63) is 57.4 Å². The van der Waals surface area contributed by atoms with Gasteiger partial charge in [0.15, 0.2) is 0 Å². The summed E-state index contributed by atoms with van der Waals surface area (Å²) in [6.45, 7) is 5.03. The predicted molar refractivity (Wildman–Crippen MR) is 95.1 cm³/mol. The molecule has 0 unspecified atom stereocenters. The predicted octanol–water partition coefficient (Wildman–Crippen LogP) is 4.82. The van der Waals surface area contributed by atoms with Gasteiger partial charge in [-0.2, -0.15) is 0 Å². The van der Waals surface area contributed by atoms with Crippen molar-refractivity contribution < 1.29 is 4.79 Å². The summed E-state index contributed by atoms with van der Waals surface area (Å²) in [5, 5.41) is 3.24. The molecular weight excluding hydrogens is 304 g/mol. The molecule has 1 aliphatic heterocycles. The van der Waals surface area contributed by atoms with E-state index in [9.17, 15) is 4.79 Å². The molecule has 0 aliphatic carbocycles. The van der Waals surface area contributed by atoms with E-state index in [1.807, 2.05) is 23.1 Å². The number of fused-ring (bicyclic) bond motifs is 1. The molecular formula is C19H20N2OS. The molecule has 1 N–H and O–H groups in total. The highest BCUT2D eigenvalue weighted by molar-refractivity contribution is 7.10. The van der Waals surface area contributed by atoms with Gasteiger partial charge < -0.3 is 9.88 Å². The Balaban J connectivity index is 1.69. The molecule has 4 heteroatoms. The number of nitrogens with zero attached hydrogens (tertiary/aromatic N) is 1. The minimum absolute atomic E-state index is 0.154. The van der Waals surface area contributed by atoms with Gasteiger partial charge in [-0.05, 0) is 61.9 Å². The van der Waals surface area contributed by atoms with Crippen LogP contribution in [-0.2, 0) is 0 Å². The molecule has 118 valence electrons. The van der Waals surface area contributed by atoms with Gasteiger partial charge in [-0.15, -0.1) is 11.3 Å². The zero-order valence-electron chi connectivity index (χ0n) is 13.4. The summed E-state index contributed by atoms with van der Waals surface area (Å²) in [7, 11) is 0. The highest BCUT2D eigenvalue weighted by atomic mass is 32.1. The van der Waals surface area contributed by atoms with E-state index in [1.165, 1.54) is 16.1 Å². The average molecular weight is 324 g/mol. The summed E-state index contributed by atoms with van der Waals surface area (Å²) < 4.78 is 0. The second-order valence-corrected chi connectivity index (χ2v) is 7.29. The van der Waals surface area contributed by atoms with E-state index in [0.717, 1.165) is 35.9 Å². The minimum Gasteiger partial charge on any atom is -0.358 e. The van der Waals surface area contributed by atoms with Crippen LogP contribution in [0.3, 0.4) is 0 Å². The second kappa shape index (κ2) is 5.53. The molecule has 4 rings (SSSR count). The molecule has 1 atom stereocenters. The SMILES string of the molecule is Cc1[nH]c2ccc(C(=O)N3CCC[C@H]3c3cccs3)cc2c1C. The number of benzene rings is 1. The van der Waals surface area contributed by atoms with Gasteiger partial charge in [-0.3, -0.25) is 4.79 Å². The van der Waals surface area contributed by atoms with Gasteiger partial charge >= 0.3 is 0 Å². The minimum atomic E-state index is 0.154. The Bertz CT molecular complexity index is 863. The van der Waals surface area contributed by atoms with Crippen molar-refractivity contribution in [3.63, 3.8) is 0 Å². The third kappa shape index (κ3) is 2.38. The largest absolute Gasteiger partial charge is 0.358 e. The maximum atomic E-state index is 13.0. The molecule has 0 spiro atoms. The standard InChI is InChI=1S/C19H20N2OS/c1-12-13(2)20-16-8-7-14(11-15(12)16)19(22)21-9-3-5-17(21)18-6-4-10-23-18/h4,6-8,10-11,17,20H,3,5,9H2,1-2H3/t17-/m0/s1. The van der Waals surface area contributed by atoms with E-state index in [2.05, 4.69) is 36.3 Å². The zero-order chi connectivity index (χ0) is 16.0. The third-order valence-corrected chi connectivity index (χ3v) is 5.91. The highest BCUT2D eigenvalue weighted by Gasteiger charge is 2.31. The smallest absolute Gasteiger partial charge is 0.254 e. The van der Waals surface area contributed by atoms with Crippen molar-refractivity contribution >= 4 is 28.1 Å². The van der Waals surface area contributed by atoms with Gasteiger partial charge in [0.05, 0.1) is 6.04 Å². The summed E-state index contributed by atoms with van der Waals surface area (Å²) in [6.07, 6.45) is 2.15. The van der Waals surface area contributed by atoms with Gasteiger partial charge in [-0.25, -0.2) is 0 Å². The number of carbonyl (C=O) groups is 1. The number of thiophene rings is 1. The summed E-state index contributed by atoms with van der Waals surface area (Å²) in [4.78, 5) is 19.7. The highest BCUT2D eigenvalue weighted by Crippen LogP contribution is 2.35. The normalized spacial score (nSPS) is 18.0. The lowest BCUT2D eigenvalue weighted by Gasteiger charge is -2.24. The fraction of sp³-hybridized carbons (Fsp3) is 0.316. The Kier molecular flexibility index (Phi) is 3.49. The molecule has 0 radical (unpaired) electrons. The summed E-state index contributed by atoms with van der Waals surface area (Å²) in [5.41, 5.74) is 4.30. The van der Waals surface area contributed by atoms with Gasteiger partial charge in [0.1, 0.15) is 0 Å². The summed E-state index contributed by atoms with van der Waals surface area (Å²) >= 11 is 1.75. The number of aromatic nitrogens is 1. The first-order valence-corrected chi connectivity index (χ1v) is 8.96. The molecule has 1 aliphatic rings. The maximum absolute atomic E-state index is 13.0. The Morgan fingerprint density at radius 1 is 1.30 bits per heavy atom. The molecule has 1 fully saturated rings. The van der Waals surface area contributed by atoms with Crippen molar-refractivity contribution in [2.24, 2.45) is 0 Å². The number of aryl methyl sites for hydroxylation is 2. The van der Waals surface area contributed by atoms with Crippen molar-refractivity contribution in [2.75, 3.05) is 6.54 Å². The van der Waals surface area contributed by atoms with Crippen LogP contribution >= 0.6 is 11.3 Å². The monoisotopic (exact) mass is 324 g/mol. The van der Waals surface area contributed by atoms with Crippen LogP contribution in [0.25, 0.3) is 10.9 Å². The molecule has 1 saturated heterocycles. The van der Waals surface area contributed by atoms with Crippen LogP contribution in [-0.4, -0.2) is 22.3 Å². The number of carbonyl (C=O) groups excluding carboxylic acids is 1. The van der Waals surface area contributed by atoms with Crippen LogP contribution < -0.4 is 0 Å². The third-order valence-electron chi connectivity index (χ3n) is 4.94. The number of nitrogens with one attached hydrogen (secondary N) is 1. The van der Waals surface area contributed by atoms with E-state index in [-0.39, 0.29) is 11.9 Å². The number of H-pyrrole nitrogens is 1. The quantitative estimate of drug-likeness (QED) is 0.720. The maximum Gasteiger partial charge on any atom is 0.254 e. The lowest BCUT2D eigenvalue weighted by Crippen LogP contribution is -2.30. The first kappa shape index (κ1) is 14.5. The van der Waals surface area contributed by atoms with Gasteiger partial charge in [-0.1, -0.05) is 6.07 Å². The van der Waals surface area contributed by atoms with E-state index >= 15 is 0 Å². The Labute approximate surface area is 139 Å². The number of hydrogen-bond acceptors (Lipinski definition) is 2. The molecule has 2 aromatic heterocycles. The fourth-order valence-electron chi connectivity index (χ4n) is 3.55. The molecule has 1 aromatic carbocycles. The van der Waals surface area contributed by atoms with E-state index in [4.69, 9.17) is 0 Å². The number of likely N-dealkylation sites (tertiary alicyclic amines) is 1. The van der Waals surface area contributed by atoms with Crippen LogP contribution in [0.4, 0.5) is 0 Å². The van der Waals surface area contributed by atoms with E-state index < -0.39 is 0 Å². The molecule has 23 heavy (non-hydrogen) atoms. The molecule has 0 saturated carbocycles. The molecule has 0 bridgehead atoms. The zero-order valence-corrected chi connectivity index (χ0v) is 14.2. The Morgan fingerprint density at radius 3 is 2.96 bits per heavy atom. The van der Waals surface area contributed by atoms with Crippen LogP contribution in [0.2, 0.25) is 0 Å². The number of rotatable bonds is 2. The number of amides is 1. The van der Waals surface area contributed by atoms with E-state index in [0.29, 0.717) is 0 Å². The molecule has 1 amide bonds. The van der Waals surface area contributed by atoms with Gasteiger partial charge in [0.2, 0.25) is 0 Å². The average Bonchev–Trinajstić information content (AvgIpc) is 3.27. The first-order chi connectivity index (χ1) is 11.1. The summed E-state index contributed by atoms with van der Waals surface area (Å²) in [5.74, 6) is 0.154. The number of hydrogen-bond donors (Lipinski definition) is 1.